The van der Waals surface area contributed by atoms with Crippen molar-refractivity contribution in [1.82, 2.24) is 4.98 Å². The number of hydrogen-bond acceptors (Lipinski definition) is 5. The number of rotatable bonds is 6. The summed E-state index contributed by atoms with van der Waals surface area (Å²) in [5.41, 5.74) is 1.87. The van der Waals surface area contributed by atoms with E-state index in [-0.39, 0.29) is 0 Å². The number of pyridine rings is 1. The van der Waals surface area contributed by atoms with Crippen LogP contribution in [-0.4, -0.2) is 26.3 Å². The van der Waals surface area contributed by atoms with Gasteiger partial charge in [0.2, 0.25) is 0 Å². The quantitative estimate of drug-likeness (QED) is 0.877. The van der Waals surface area contributed by atoms with Crippen LogP contribution in [0.5, 0.6) is 17.2 Å². The third-order valence-electron chi connectivity index (χ3n) is 2.95. The minimum Gasteiger partial charge on any atom is -0.496 e. The molecule has 0 spiro atoms. The summed E-state index contributed by atoms with van der Waals surface area (Å²) in [6, 6.07) is 7.51. The minimum absolute atomic E-state index is 0.571. The molecule has 2 rings (SSSR count). The third-order valence-corrected chi connectivity index (χ3v) is 2.95. The summed E-state index contributed by atoms with van der Waals surface area (Å²) >= 11 is 0. The van der Waals surface area contributed by atoms with Crippen LogP contribution >= 0.6 is 0 Å². The van der Waals surface area contributed by atoms with E-state index in [1.807, 2.05) is 24.3 Å². The van der Waals surface area contributed by atoms with E-state index in [9.17, 15) is 0 Å². The second-order valence-electron chi connectivity index (χ2n) is 4.11. The molecule has 20 heavy (non-hydrogen) atoms. The van der Waals surface area contributed by atoms with E-state index in [0.717, 1.165) is 22.7 Å². The summed E-state index contributed by atoms with van der Waals surface area (Å²) in [6.07, 6.45) is 3.50. The minimum atomic E-state index is 0.571. The van der Waals surface area contributed by atoms with Gasteiger partial charge in [-0.2, -0.15) is 0 Å². The molecular formula is C15H18N2O3. The fraction of sp³-hybridized carbons (Fsp3) is 0.267. The Morgan fingerprint density at radius 2 is 1.75 bits per heavy atom. The molecule has 0 aliphatic heterocycles. The number of benzene rings is 1. The fourth-order valence-electron chi connectivity index (χ4n) is 1.91. The van der Waals surface area contributed by atoms with Crippen molar-refractivity contribution in [3.63, 3.8) is 0 Å². The monoisotopic (exact) mass is 274 g/mol. The summed E-state index contributed by atoms with van der Waals surface area (Å²) in [6.45, 7) is 0.571. The van der Waals surface area contributed by atoms with Gasteiger partial charge in [0.05, 0.1) is 32.6 Å². The van der Waals surface area contributed by atoms with Gasteiger partial charge in [-0.05, 0) is 12.1 Å². The van der Waals surface area contributed by atoms with Gasteiger partial charge in [-0.1, -0.05) is 0 Å². The Morgan fingerprint density at radius 1 is 1.05 bits per heavy atom. The van der Waals surface area contributed by atoms with Crippen LogP contribution in [0.1, 0.15) is 5.56 Å². The van der Waals surface area contributed by atoms with Gasteiger partial charge in [-0.25, -0.2) is 0 Å². The van der Waals surface area contributed by atoms with Crippen molar-refractivity contribution < 1.29 is 14.2 Å². The highest BCUT2D eigenvalue weighted by Gasteiger charge is 2.12. The van der Waals surface area contributed by atoms with Crippen molar-refractivity contribution >= 4 is 5.69 Å². The number of anilines is 1. The Hall–Kier alpha value is -2.43. The highest BCUT2D eigenvalue weighted by atomic mass is 16.5. The molecule has 1 heterocycles. The summed E-state index contributed by atoms with van der Waals surface area (Å²) in [7, 11) is 4.87. The van der Waals surface area contributed by atoms with Crippen LogP contribution in [0.25, 0.3) is 0 Å². The highest BCUT2D eigenvalue weighted by Crippen LogP contribution is 2.34. The van der Waals surface area contributed by atoms with Crippen LogP contribution in [0.2, 0.25) is 0 Å². The van der Waals surface area contributed by atoms with E-state index >= 15 is 0 Å². The molecule has 0 amide bonds. The average Bonchev–Trinajstić information content (AvgIpc) is 2.52. The standard InChI is InChI=1S/C15H18N2O3/c1-18-12-7-14(19-2)13(15(8-12)20-3)10-17-11-5-4-6-16-9-11/h4-9,17H,10H2,1-3H3. The first-order chi connectivity index (χ1) is 9.78. The summed E-state index contributed by atoms with van der Waals surface area (Å²) in [4.78, 5) is 4.06. The van der Waals surface area contributed by atoms with Crippen LogP contribution in [-0.2, 0) is 6.54 Å². The second-order valence-corrected chi connectivity index (χ2v) is 4.11. The molecule has 5 heteroatoms. The van der Waals surface area contributed by atoms with E-state index in [2.05, 4.69) is 10.3 Å². The number of methoxy groups -OCH3 is 3. The molecule has 1 aromatic heterocycles. The first-order valence-corrected chi connectivity index (χ1v) is 6.21. The predicted octanol–water partition coefficient (Wildman–Crippen LogP) is 2.72. The van der Waals surface area contributed by atoms with Gasteiger partial charge in [0.15, 0.2) is 0 Å². The van der Waals surface area contributed by atoms with Crippen molar-refractivity contribution in [2.45, 2.75) is 6.54 Å². The zero-order valence-corrected chi connectivity index (χ0v) is 11.8. The van der Waals surface area contributed by atoms with Crippen molar-refractivity contribution in [2.24, 2.45) is 0 Å². The van der Waals surface area contributed by atoms with Gasteiger partial charge in [0.1, 0.15) is 17.2 Å². The van der Waals surface area contributed by atoms with Crippen LogP contribution < -0.4 is 19.5 Å². The molecular weight excluding hydrogens is 256 g/mol. The molecule has 0 bridgehead atoms. The SMILES string of the molecule is COc1cc(OC)c(CNc2cccnc2)c(OC)c1. The smallest absolute Gasteiger partial charge is 0.131 e. The van der Waals surface area contributed by atoms with Gasteiger partial charge in [-0.15, -0.1) is 0 Å². The van der Waals surface area contributed by atoms with E-state index in [1.54, 1.807) is 33.7 Å². The van der Waals surface area contributed by atoms with Crippen LogP contribution in [0.3, 0.4) is 0 Å². The molecule has 0 unspecified atom stereocenters. The molecule has 0 fully saturated rings. The molecule has 0 radical (unpaired) electrons. The third kappa shape index (κ3) is 3.12. The lowest BCUT2D eigenvalue weighted by atomic mass is 10.1. The molecule has 1 N–H and O–H groups in total. The lowest BCUT2D eigenvalue weighted by Gasteiger charge is -2.16. The zero-order valence-electron chi connectivity index (χ0n) is 11.8. The van der Waals surface area contributed by atoms with Gasteiger partial charge in [0, 0.05) is 31.1 Å². The fourth-order valence-corrected chi connectivity index (χ4v) is 1.91. The van der Waals surface area contributed by atoms with E-state index < -0.39 is 0 Å². The molecule has 0 aliphatic rings. The first kappa shape index (κ1) is 14.0. The van der Waals surface area contributed by atoms with Gasteiger partial charge < -0.3 is 19.5 Å². The van der Waals surface area contributed by atoms with Crippen molar-refractivity contribution in [2.75, 3.05) is 26.6 Å². The Morgan fingerprint density at radius 3 is 2.25 bits per heavy atom. The summed E-state index contributed by atoms with van der Waals surface area (Å²) in [5.74, 6) is 2.14. The predicted molar refractivity (Wildman–Crippen MR) is 77.7 cm³/mol. The number of ether oxygens (including phenoxy) is 3. The Labute approximate surface area is 118 Å². The van der Waals surface area contributed by atoms with Crippen LogP contribution in [0, 0.1) is 0 Å². The molecule has 0 aliphatic carbocycles. The van der Waals surface area contributed by atoms with Crippen molar-refractivity contribution in [1.29, 1.82) is 0 Å². The first-order valence-electron chi connectivity index (χ1n) is 6.21. The summed E-state index contributed by atoms with van der Waals surface area (Å²) in [5, 5.41) is 3.28. The van der Waals surface area contributed by atoms with Crippen molar-refractivity contribution in [3.05, 3.63) is 42.2 Å². The highest BCUT2D eigenvalue weighted by molar-refractivity contribution is 5.53. The van der Waals surface area contributed by atoms with Crippen LogP contribution in [0.4, 0.5) is 5.69 Å². The van der Waals surface area contributed by atoms with E-state index in [4.69, 9.17) is 14.2 Å². The Kier molecular flexibility index (Phi) is 4.65. The maximum atomic E-state index is 5.40. The summed E-state index contributed by atoms with van der Waals surface area (Å²) < 4.78 is 16.0. The maximum Gasteiger partial charge on any atom is 0.131 e. The maximum absolute atomic E-state index is 5.40. The van der Waals surface area contributed by atoms with Crippen molar-refractivity contribution in [3.8, 4) is 17.2 Å². The second kappa shape index (κ2) is 6.65. The average molecular weight is 274 g/mol. The largest absolute Gasteiger partial charge is 0.496 e. The van der Waals surface area contributed by atoms with E-state index in [0.29, 0.717) is 12.3 Å². The topological polar surface area (TPSA) is 52.6 Å². The molecule has 106 valence electrons. The zero-order chi connectivity index (χ0) is 14.4. The van der Waals surface area contributed by atoms with Gasteiger partial charge in [-0.3, -0.25) is 4.98 Å². The molecule has 0 atom stereocenters. The molecule has 0 saturated carbocycles. The molecule has 0 saturated heterocycles. The lowest BCUT2D eigenvalue weighted by molar-refractivity contribution is 0.369. The molecule has 2 aromatic rings. The molecule has 5 nitrogen and oxygen atoms in total. The van der Waals surface area contributed by atoms with Gasteiger partial charge in [0.25, 0.3) is 0 Å². The normalized spacial score (nSPS) is 9.95. The number of aromatic nitrogens is 1. The number of nitrogens with zero attached hydrogens (tertiary/aromatic N) is 1. The number of nitrogens with one attached hydrogen (secondary N) is 1. The van der Waals surface area contributed by atoms with Crippen LogP contribution in [0.15, 0.2) is 36.7 Å². The Bertz CT molecular complexity index is 533. The Balaban J connectivity index is 2.25. The number of hydrogen-bond donors (Lipinski definition) is 1. The van der Waals surface area contributed by atoms with E-state index in [1.165, 1.54) is 0 Å². The molecule has 1 aromatic carbocycles. The van der Waals surface area contributed by atoms with Gasteiger partial charge >= 0.3 is 0 Å². The lowest BCUT2D eigenvalue weighted by Crippen LogP contribution is -2.05.